The average molecular weight is 211 g/mol. The van der Waals surface area contributed by atoms with E-state index in [9.17, 15) is 0 Å². The van der Waals surface area contributed by atoms with Crippen molar-refractivity contribution in [2.75, 3.05) is 20.2 Å². The number of nitrogens with one attached hydrogen (secondary N) is 1. The molecule has 0 spiro atoms. The lowest BCUT2D eigenvalue weighted by atomic mass is 9.90. The number of ether oxygens (including phenoxy) is 1. The Morgan fingerprint density at radius 2 is 2.40 bits per heavy atom. The third-order valence-corrected chi connectivity index (χ3v) is 3.04. The minimum atomic E-state index is -0.111. The summed E-state index contributed by atoms with van der Waals surface area (Å²) in [6.45, 7) is 5.95. The molecule has 1 N–H and O–H groups in total. The lowest BCUT2D eigenvalue weighted by molar-refractivity contribution is 0.109. The summed E-state index contributed by atoms with van der Waals surface area (Å²) >= 11 is 0. The van der Waals surface area contributed by atoms with Crippen LogP contribution in [0.15, 0.2) is 4.52 Å². The topological polar surface area (TPSA) is 60.2 Å². The smallest absolute Gasteiger partial charge is 0.234 e. The number of methoxy groups -OCH3 is 1. The fourth-order valence-electron chi connectivity index (χ4n) is 1.75. The number of rotatable bonds is 3. The molecule has 2 atom stereocenters. The van der Waals surface area contributed by atoms with E-state index in [0.29, 0.717) is 11.7 Å². The Morgan fingerprint density at radius 3 is 3.00 bits per heavy atom. The molecule has 1 aromatic heterocycles. The molecule has 1 saturated heterocycles. The molecule has 0 amide bonds. The zero-order chi connectivity index (χ0) is 10.9. The van der Waals surface area contributed by atoms with E-state index < -0.39 is 0 Å². The molecule has 84 valence electrons. The molecular weight excluding hydrogens is 194 g/mol. The largest absolute Gasteiger partial charge is 0.374 e. The van der Waals surface area contributed by atoms with Crippen molar-refractivity contribution in [2.45, 2.75) is 31.8 Å². The number of aromatic nitrogens is 2. The fraction of sp³-hybridized carbons (Fsp3) is 0.800. The van der Waals surface area contributed by atoms with Crippen molar-refractivity contribution in [2.24, 2.45) is 0 Å². The van der Waals surface area contributed by atoms with Gasteiger partial charge < -0.3 is 14.6 Å². The highest BCUT2D eigenvalue weighted by molar-refractivity contribution is 5.08. The van der Waals surface area contributed by atoms with Gasteiger partial charge in [-0.3, -0.25) is 0 Å². The van der Waals surface area contributed by atoms with Gasteiger partial charge in [-0.05, 0) is 26.8 Å². The molecular formula is C10H17N3O2. The van der Waals surface area contributed by atoms with Crippen LogP contribution in [0.2, 0.25) is 0 Å². The van der Waals surface area contributed by atoms with Gasteiger partial charge >= 0.3 is 0 Å². The van der Waals surface area contributed by atoms with Crippen LogP contribution in [-0.2, 0) is 10.2 Å². The first-order valence-corrected chi connectivity index (χ1v) is 5.23. The molecule has 0 aliphatic carbocycles. The van der Waals surface area contributed by atoms with Crippen molar-refractivity contribution < 1.29 is 9.26 Å². The molecule has 5 nitrogen and oxygen atoms in total. The molecule has 1 aliphatic heterocycles. The monoisotopic (exact) mass is 211 g/mol. The third-order valence-electron chi connectivity index (χ3n) is 3.04. The molecule has 0 radical (unpaired) electrons. The van der Waals surface area contributed by atoms with E-state index in [1.807, 2.05) is 6.92 Å². The first-order chi connectivity index (χ1) is 7.15. The van der Waals surface area contributed by atoms with Crippen molar-refractivity contribution in [1.82, 2.24) is 15.5 Å². The molecule has 1 fully saturated rings. The summed E-state index contributed by atoms with van der Waals surface area (Å²) in [5, 5.41) is 7.24. The van der Waals surface area contributed by atoms with Gasteiger partial charge in [0.05, 0.1) is 5.41 Å². The minimum absolute atomic E-state index is 0.0152. The summed E-state index contributed by atoms with van der Waals surface area (Å²) in [5.74, 6) is 1.34. The number of nitrogens with zero attached hydrogens (tertiary/aromatic N) is 2. The summed E-state index contributed by atoms with van der Waals surface area (Å²) in [4.78, 5) is 4.39. The van der Waals surface area contributed by atoms with Crippen LogP contribution in [0.5, 0.6) is 0 Å². The van der Waals surface area contributed by atoms with E-state index in [2.05, 4.69) is 22.4 Å². The lowest BCUT2D eigenvalue weighted by Gasteiger charge is -2.16. The summed E-state index contributed by atoms with van der Waals surface area (Å²) in [5.41, 5.74) is -0.0152. The van der Waals surface area contributed by atoms with Gasteiger partial charge in [-0.2, -0.15) is 4.98 Å². The average Bonchev–Trinajstić information content (AvgIpc) is 2.85. The van der Waals surface area contributed by atoms with Gasteiger partial charge in [0.15, 0.2) is 5.82 Å². The van der Waals surface area contributed by atoms with E-state index in [0.717, 1.165) is 19.5 Å². The highest BCUT2D eigenvalue weighted by atomic mass is 16.5. The van der Waals surface area contributed by atoms with Crippen LogP contribution in [0, 0.1) is 0 Å². The van der Waals surface area contributed by atoms with Crippen molar-refractivity contribution in [3.05, 3.63) is 11.7 Å². The van der Waals surface area contributed by atoms with Gasteiger partial charge in [-0.15, -0.1) is 0 Å². The lowest BCUT2D eigenvalue weighted by Crippen LogP contribution is -2.25. The Hall–Kier alpha value is -0.940. The SMILES string of the molecule is COC(C)c1noc(C2(C)CCNC2)n1. The molecule has 0 saturated carbocycles. The summed E-state index contributed by atoms with van der Waals surface area (Å²) in [6, 6.07) is 0. The van der Waals surface area contributed by atoms with Gasteiger partial charge in [0, 0.05) is 13.7 Å². The molecule has 2 rings (SSSR count). The Labute approximate surface area is 89.2 Å². The molecule has 2 heterocycles. The molecule has 2 unspecified atom stereocenters. The Bertz CT molecular complexity index is 331. The zero-order valence-corrected chi connectivity index (χ0v) is 9.41. The van der Waals surface area contributed by atoms with Gasteiger partial charge in [0.25, 0.3) is 0 Å². The maximum Gasteiger partial charge on any atom is 0.234 e. The standard InChI is InChI=1S/C10H17N3O2/c1-7(14-3)8-12-9(15-13-8)10(2)4-5-11-6-10/h7,11H,4-6H2,1-3H3. The van der Waals surface area contributed by atoms with Gasteiger partial charge in [0.2, 0.25) is 5.89 Å². The van der Waals surface area contributed by atoms with Crippen molar-refractivity contribution in [3.8, 4) is 0 Å². The Kier molecular flexibility index (Phi) is 2.75. The van der Waals surface area contributed by atoms with Crippen LogP contribution in [0.3, 0.4) is 0 Å². The van der Waals surface area contributed by atoms with E-state index >= 15 is 0 Å². The van der Waals surface area contributed by atoms with Crippen LogP contribution in [0.4, 0.5) is 0 Å². The highest BCUT2D eigenvalue weighted by Crippen LogP contribution is 2.29. The quantitative estimate of drug-likeness (QED) is 0.809. The second-order valence-electron chi connectivity index (χ2n) is 4.32. The van der Waals surface area contributed by atoms with E-state index in [4.69, 9.17) is 9.26 Å². The number of hydrogen-bond acceptors (Lipinski definition) is 5. The molecule has 1 aliphatic rings. The molecule has 1 aromatic rings. The number of hydrogen-bond donors (Lipinski definition) is 1. The van der Waals surface area contributed by atoms with Crippen molar-refractivity contribution in [1.29, 1.82) is 0 Å². The van der Waals surface area contributed by atoms with Gasteiger partial charge in [0.1, 0.15) is 6.10 Å². The van der Waals surface area contributed by atoms with Crippen LogP contribution >= 0.6 is 0 Å². The third kappa shape index (κ3) is 1.89. The van der Waals surface area contributed by atoms with Gasteiger partial charge in [-0.25, -0.2) is 0 Å². The maximum absolute atomic E-state index is 5.29. The summed E-state index contributed by atoms with van der Waals surface area (Å²) in [6.07, 6.45) is 0.927. The van der Waals surface area contributed by atoms with E-state index in [1.54, 1.807) is 7.11 Å². The zero-order valence-electron chi connectivity index (χ0n) is 9.41. The van der Waals surface area contributed by atoms with Crippen LogP contribution in [0.25, 0.3) is 0 Å². The fourth-order valence-corrected chi connectivity index (χ4v) is 1.75. The molecule has 15 heavy (non-hydrogen) atoms. The maximum atomic E-state index is 5.29. The predicted molar refractivity (Wildman–Crippen MR) is 54.6 cm³/mol. The predicted octanol–water partition coefficient (Wildman–Crippen LogP) is 1.03. The second kappa shape index (κ2) is 3.90. The van der Waals surface area contributed by atoms with Crippen LogP contribution in [0.1, 0.15) is 38.1 Å². The van der Waals surface area contributed by atoms with E-state index in [1.165, 1.54) is 0 Å². The Balaban J connectivity index is 2.19. The second-order valence-corrected chi connectivity index (χ2v) is 4.32. The van der Waals surface area contributed by atoms with Gasteiger partial charge in [-0.1, -0.05) is 5.16 Å². The van der Waals surface area contributed by atoms with Crippen molar-refractivity contribution in [3.63, 3.8) is 0 Å². The summed E-state index contributed by atoms with van der Waals surface area (Å²) < 4.78 is 10.4. The molecule has 0 bridgehead atoms. The minimum Gasteiger partial charge on any atom is -0.374 e. The first kappa shape index (κ1) is 10.6. The summed E-state index contributed by atoms with van der Waals surface area (Å²) in [7, 11) is 1.64. The Morgan fingerprint density at radius 1 is 1.60 bits per heavy atom. The van der Waals surface area contributed by atoms with E-state index in [-0.39, 0.29) is 11.5 Å². The molecule has 5 heteroatoms. The van der Waals surface area contributed by atoms with Crippen molar-refractivity contribution >= 4 is 0 Å². The highest BCUT2D eigenvalue weighted by Gasteiger charge is 2.36. The van der Waals surface area contributed by atoms with Crippen LogP contribution < -0.4 is 5.32 Å². The normalized spacial score (nSPS) is 28.2. The first-order valence-electron chi connectivity index (χ1n) is 5.23. The van der Waals surface area contributed by atoms with Crippen LogP contribution in [-0.4, -0.2) is 30.3 Å². The molecule has 0 aromatic carbocycles.